The van der Waals surface area contributed by atoms with Crippen molar-refractivity contribution < 1.29 is 24.2 Å². The molecular formula is C27H35NO5. The molecule has 0 saturated heterocycles. The highest BCUT2D eigenvalue weighted by molar-refractivity contribution is 5.93. The molecule has 6 heteroatoms. The zero-order valence-electron chi connectivity index (χ0n) is 19.7. The molecule has 0 heterocycles. The number of aliphatic carboxylic acids is 1. The second-order valence-electron chi connectivity index (χ2n) is 8.58. The summed E-state index contributed by atoms with van der Waals surface area (Å²) >= 11 is 0. The van der Waals surface area contributed by atoms with Crippen LogP contribution in [0.25, 0.3) is 0 Å². The third-order valence-electron chi connectivity index (χ3n) is 6.34. The predicted octanol–water partition coefficient (Wildman–Crippen LogP) is 4.46. The van der Waals surface area contributed by atoms with Crippen LogP contribution in [0, 0.1) is 0 Å². The Hall–Kier alpha value is -2.86. The summed E-state index contributed by atoms with van der Waals surface area (Å²) in [5.41, 5.74) is 1.52. The van der Waals surface area contributed by atoms with Crippen LogP contribution in [0.3, 0.4) is 0 Å². The summed E-state index contributed by atoms with van der Waals surface area (Å²) in [6.07, 6.45) is 3.62. The van der Waals surface area contributed by atoms with Crippen molar-refractivity contribution in [2.75, 3.05) is 26.8 Å². The highest BCUT2D eigenvalue weighted by atomic mass is 16.5. The second kappa shape index (κ2) is 11.8. The lowest BCUT2D eigenvalue weighted by molar-refractivity contribution is -0.137. The number of amides is 1. The molecule has 178 valence electrons. The average molecular weight is 454 g/mol. The van der Waals surface area contributed by atoms with Gasteiger partial charge in [-0.15, -0.1) is 0 Å². The quantitative estimate of drug-likeness (QED) is 0.428. The first-order chi connectivity index (χ1) is 16.0. The summed E-state index contributed by atoms with van der Waals surface area (Å²) in [5, 5.41) is 8.97. The Morgan fingerprint density at radius 2 is 1.73 bits per heavy atom. The van der Waals surface area contributed by atoms with Crippen LogP contribution in [0.1, 0.15) is 50.2 Å². The van der Waals surface area contributed by atoms with Crippen molar-refractivity contribution >= 4 is 11.9 Å². The van der Waals surface area contributed by atoms with Crippen LogP contribution in [-0.4, -0.2) is 54.8 Å². The smallest absolute Gasteiger partial charge is 0.303 e. The topological polar surface area (TPSA) is 76.1 Å². The highest BCUT2D eigenvalue weighted by Crippen LogP contribution is 2.52. The Bertz CT molecular complexity index is 898. The standard InChI is InChI=1S/C27H35NO5/c1-3-33-24-20-27(24,22-14-16-23(32-2)17-15-22)26(31)28(18-8-7-13-25(29)30)19-9-12-21-10-5-4-6-11-21/h4-6,10-11,14-17,24H,3,7-9,12-13,18-20H2,1-2H3,(H,29,30). The van der Waals surface area contributed by atoms with Crippen molar-refractivity contribution in [2.45, 2.75) is 57.0 Å². The third kappa shape index (κ3) is 6.35. The molecule has 0 bridgehead atoms. The number of ether oxygens (including phenoxy) is 2. The first kappa shape index (κ1) is 24.8. The normalized spacial score (nSPS) is 19.2. The van der Waals surface area contributed by atoms with E-state index in [4.69, 9.17) is 14.6 Å². The second-order valence-corrected chi connectivity index (χ2v) is 8.58. The number of carboxylic acid groups (broad SMARTS) is 1. The van der Waals surface area contributed by atoms with E-state index < -0.39 is 11.4 Å². The molecule has 3 rings (SSSR count). The minimum atomic E-state index is -0.801. The summed E-state index contributed by atoms with van der Waals surface area (Å²) in [7, 11) is 1.63. The molecule has 0 radical (unpaired) electrons. The minimum Gasteiger partial charge on any atom is -0.497 e. The van der Waals surface area contributed by atoms with E-state index in [0.29, 0.717) is 39.0 Å². The predicted molar refractivity (Wildman–Crippen MR) is 128 cm³/mol. The van der Waals surface area contributed by atoms with Gasteiger partial charge in [-0.2, -0.15) is 0 Å². The van der Waals surface area contributed by atoms with Gasteiger partial charge >= 0.3 is 5.97 Å². The minimum absolute atomic E-state index is 0.0782. The number of carboxylic acids is 1. The van der Waals surface area contributed by atoms with Crippen LogP contribution in [0.2, 0.25) is 0 Å². The van der Waals surface area contributed by atoms with Gasteiger partial charge in [0, 0.05) is 26.1 Å². The molecule has 1 amide bonds. The van der Waals surface area contributed by atoms with Crippen molar-refractivity contribution in [2.24, 2.45) is 0 Å². The van der Waals surface area contributed by atoms with E-state index in [1.54, 1.807) is 7.11 Å². The lowest BCUT2D eigenvalue weighted by Gasteiger charge is -2.29. The Morgan fingerprint density at radius 1 is 1.03 bits per heavy atom. The molecule has 0 aromatic heterocycles. The lowest BCUT2D eigenvalue weighted by Crippen LogP contribution is -2.42. The molecule has 2 atom stereocenters. The van der Waals surface area contributed by atoms with Gasteiger partial charge in [-0.05, 0) is 62.3 Å². The molecule has 1 N–H and O–H groups in total. The van der Waals surface area contributed by atoms with E-state index in [-0.39, 0.29) is 18.4 Å². The Kier molecular flexibility index (Phi) is 8.89. The molecule has 2 unspecified atom stereocenters. The number of carbonyl (C=O) groups excluding carboxylic acids is 1. The molecule has 0 spiro atoms. The number of rotatable bonds is 14. The van der Waals surface area contributed by atoms with Crippen LogP contribution >= 0.6 is 0 Å². The van der Waals surface area contributed by atoms with Gasteiger partial charge in [0.05, 0.1) is 13.2 Å². The van der Waals surface area contributed by atoms with E-state index in [1.165, 1.54) is 5.56 Å². The largest absolute Gasteiger partial charge is 0.497 e. The summed E-state index contributed by atoms with van der Waals surface area (Å²) in [6, 6.07) is 18.0. The van der Waals surface area contributed by atoms with E-state index in [1.807, 2.05) is 54.3 Å². The van der Waals surface area contributed by atoms with Gasteiger partial charge < -0.3 is 19.5 Å². The van der Waals surface area contributed by atoms with E-state index in [0.717, 1.165) is 24.2 Å². The lowest BCUT2D eigenvalue weighted by atomic mass is 9.93. The summed E-state index contributed by atoms with van der Waals surface area (Å²) < 4.78 is 11.2. The average Bonchev–Trinajstić information content (AvgIpc) is 3.56. The molecule has 1 saturated carbocycles. The number of hydrogen-bond donors (Lipinski definition) is 1. The summed E-state index contributed by atoms with van der Waals surface area (Å²) in [6.45, 7) is 3.70. The van der Waals surface area contributed by atoms with E-state index >= 15 is 0 Å². The number of hydrogen-bond acceptors (Lipinski definition) is 4. The van der Waals surface area contributed by atoms with Crippen molar-refractivity contribution in [1.82, 2.24) is 4.90 Å². The van der Waals surface area contributed by atoms with Crippen LogP contribution in [0.4, 0.5) is 0 Å². The first-order valence-electron chi connectivity index (χ1n) is 11.8. The molecule has 1 fully saturated rings. The monoisotopic (exact) mass is 453 g/mol. The molecule has 0 aliphatic heterocycles. The van der Waals surface area contributed by atoms with Gasteiger partial charge in [-0.3, -0.25) is 9.59 Å². The molecule has 1 aliphatic rings. The fourth-order valence-corrected chi connectivity index (χ4v) is 4.47. The number of unbranched alkanes of at least 4 members (excludes halogenated alkanes) is 1. The highest BCUT2D eigenvalue weighted by Gasteiger charge is 2.63. The molecular weight excluding hydrogens is 418 g/mol. The zero-order valence-corrected chi connectivity index (χ0v) is 19.7. The van der Waals surface area contributed by atoms with Gasteiger partial charge in [0.25, 0.3) is 0 Å². The van der Waals surface area contributed by atoms with Crippen molar-refractivity contribution in [3.8, 4) is 5.75 Å². The molecule has 1 aliphatic carbocycles. The Morgan fingerprint density at radius 3 is 2.36 bits per heavy atom. The zero-order chi connectivity index (χ0) is 23.7. The van der Waals surface area contributed by atoms with Gasteiger partial charge in [-0.25, -0.2) is 0 Å². The fraction of sp³-hybridized carbons (Fsp3) is 0.481. The Labute approximate surface area is 196 Å². The van der Waals surface area contributed by atoms with Gasteiger partial charge in [-0.1, -0.05) is 42.5 Å². The summed E-state index contributed by atoms with van der Waals surface area (Å²) in [5.74, 6) is 0.0307. The summed E-state index contributed by atoms with van der Waals surface area (Å²) in [4.78, 5) is 26.8. The number of methoxy groups -OCH3 is 1. The van der Waals surface area contributed by atoms with Crippen LogP contribution in [0.5, 0.6) is 5.75 Å². The maximum atomic E-state index is 13.9. The van der Waals surface area contributed by atoms with Gasteiger partial charge in [0.1, 0.15) is 11.2 Å². The number of benzene rings is 2. The van der Waals surface area contributed by atoms with Gasteiger partial charge in [0.2, 0.25) is 5.91 Å². The van der Waals surface area contributed by atoms with E-state index in [9.17, 15) is 9.59 Å². The van der Waals surface area contributed by atoms with Crippen molar-refractivity contribution in [3.05, 3.63) is 65.7 Å². The fourth-order valence-electron chi connectivity index (χ4n) is 4.47. The molecule has 6 nitrogen and oxygen atoms in total. The maximum absolute atomic E-state index is 13.9. The van der Waals surface area contributed by atoms with Crippen molar-refractivity contribution in [1.29, 1.82) is 0 Å². The van der Waals surface area contributed by atoms with Crippen LogP contribution < -0.4 is 4.74 Å². The van der Waals surface area contributed by atoms with Crippen molar-refractivity contribution in [3.63, 3.8) is 0 Å². The van der Waals surface area contributed by atoms with Gasteiger partial charge in [0.15, 0.2) is 0 Å². The Balaban J connectivity index is 1.75. The number of carbonyl (C=O) groups is 2. The third-order valence-corrected chi connectivity index (χ3v) is 6.34. The maximum Gasteiger partial charge on any atom is 0.303 e. The SMILES string of the molecule is CCOC1CC1(C(=O)N(CCCCC(=O)O)CCCc1ccccc1)c1ccc(OC)cc1. The number of aryl methyl sites for hydroxylation is 1. The van der Waals surface area contributed by atoms with Crippen LogP contribution in [-0.2, 0) is 26.2 Å². The molecule has 2 aromatic carbocycles. The molecule has 33 heavy (non-hydrogen) atoms. The first-order valence-corrected chi connectivity index (χ1v) is 11.8. The van der Waals surface area contributed by atoms with Crippen LogP contribution in [0.15, 0.2) is 54.6 Å². The number of nitrogens with zero attached hydrogens (tertiary/aromatic N) is 1. The van der Waals surface area contributed by atoms with E-state index in [2.05, 4.69) is 12.1 Å². The molecule has 2 aromatic rings.